The van der Waals surface area contributed by atoms with E-state index in [2.05, 4.69) is 31.1 Å². The lowest BCUT2D eigenvalue weighted by Crippen LogP contribution is -2.16. The van der Waals surface area contributed by atoms with Gasteiger partial charge in [-0.15, -0.1) is 0 Å². The number of nitrogens with one attached hydrogen (secondary N) is 1. The maximum absolute atomic E-state index is 12.4. The monoisotopic (exact) mass is 373 g/mol. The molecule has 1 amide bonds. The molecule has 5 nitrogen and oxygen atoms in total. The van der Waals surface area contributed by atoms with Crippen LogP contribution in [0.25, 0.3) is 0 Å². The molecule has 0 radical (unpaired) electrons. The van der Waals surface area contributed by atoms with Gasteiger partial charge in [0, 0.05) is 19.2 Å². The lowest BCUT2D eigenvalue weighted by Gasteiger charge is -2.12. The molecule has 1 heterocycles. The second kappa shape index (κ2) is 7.35. The Labute approximate surface area is 134 Å². The molecule has 0 saturated heterocycles. The van der Waals surface area contributed by atoms with Crippen LogP contribution in [0.2, 0.25) is 0 Å². The average Bonchev–Trinajstić information content (AvgIpc) is 2.85. The first kappa shape index (κ1) is 16.4. The van der Waals surface area contributed by atoms with Crippen molar-refractivity contribution in [3.05, 3.63) is 40.6 Å². The van der Waals surface area contributed by atoms with Crippen LogP contribution in [0.15, 0.2) is 35.1 Å². The maximum atomic E-state index is 12.4. The van der Waals surface area contributed by atoms with Crippen molar-refractivity contribution in [1.29, 1.82) is 0 Å². The van der Waals surface area contributed by atoms with Gasteiger partial charge in [0.05, 0.1) is 16.4 Å². The van der Waals surface area contributed by atoms with Gasteiger partial charge in [-0.2, -0.15) is 13.9 Å². The third-order valence-corrected chi connectivity index (χ3v) is 3.21. The number of hydrogen-bond donors (Lipinski definition) is 1. The summed E-state index contributed by atoms with van der Waals surface area (Å²) in [7, 11) is 0. The van der Waals surface area contributed by atoms with Crippen molar-refractivity contribution in [3.8, 4) is 5.75 Å². The number of aromatic nitrogens is 2. The zero-order valence-electron chi connectivity index (χ0n) is 11.7. The van der Waals surface area contributed by atoms with Crippen molar-refractivity contribution < 1.29 is 18.3 Å². The number of ether oxygens (including phenoxy) is 1. The zero-order chi connectivity index (χ0) is 16.1. The number of benzene rings is 1. The molecule has 2 rings (SSSR count). The van der Waals surface area contributed by atoms with Gasteiger partial charge in [-0.05, 0) is 40.5 Å². The number of nitrogens with zero attached hydrogens (tertiary/aromatic N) is 2. The summed E-state index contributed by atoms with van der Waals surface area (Å²) in [6.07, 6.45) is 3.52. The van der Waals surface area contributed by atoms with Crippen molar-refractivity contribution >= 4 is 27.5 Å². The van der Waals surface area contributed by atoms with Crippen molar-refractivity contribution in [2.24, 2.45) is 0 Å². The minimum Gasteiger partial charge on any atom is -0.433 e. The van der Waals surface area contributed by atoms with Crippen LogP contribution in [0, 0.1) is 6.92 Å². The number of halogens is 3. The lowest BCUT2D eigenvalue weighted by molar-refractivity contribution is -0.116. The van der Waals surface area contributed by atoms with Gasteiger partial charge in [0.2, 0.25) is 5.91 Å². The van der Waals surface area contributed by atoms with Gasteiger partial charge in [0.1, 0.15) is 5.75 Å². The van der Waals surface area contributed by atoms with Gasteiger partial charge in [-0.3, -0.25) is 9.48 Å². The highest BCUT2D eigenvalue weighted by molar-refractivity contribution is 9.10. The molecule has 0 spiro atoms. The quantitative estimate of drug-likeness (QED) is 0.841. The largest absolute Gasteiger partial charge is 0.433 e. The highest BCUT2D eigenvalue weighted by Crippen LogP contribution is 2.27. The van der Waals surface area contributed by atoms with Crippen LogP contribution in [0.3, 0.4) is 0 Å². The molecule has 0 aliphatic rings. The number of rotatable bonds is 6. The van der Waals surface area contributed by atoms with E-state index in [0.29, 0.717) is 6.54 Å². The Hall–Kier alpha value is -1.96. The molecule has 1 aromatic heterocycles. The fourth-order valence-electron chi connectivity index (χ4n) is 1.82. The molecule has 1 N–H and O–H groups in total. The van der Waals surface area contributed by atoms with Crippen molar-refractivity contribution in [1.82, 2.24) is 9.78 Å². The molecular formula is C14H14BrF2N3O2. The molecule has 2 aromatic rings. The summed E-state index contributed by atoms with van der Waals surface area (Å²) >= 11 is 3.26. The van der Waals surface area contributed by atoms with E-state index in [1.807, 2.05) is 0 Å². The molecule has 0 saturated carbocycles. The first-order chi connectivity index (χ1) is 10.4. The van der Waals surface area contributed by atoms with Crippen LogP contribution < -0.4 is 10.1 Å². The molecule has 1 aromatic carbocycles. The Morgan fingerprint density at radius 1 is 1.50 bits per heavy atom. The SMILES string of the molecule is Cc1ccc(NC(=O)CCn2cc(Br)cn2)c(OC(F)F)c1. The molecule has 0 atom stereocenters. The van der Waals surface area contributed by atoms with Crippen LogP contribution in [-0.2, 0) is 11.3 Å². The molecule has 0 aliphatic carbocycles. The highest BCUT2D eigenvalue weighted by atomic mass is 79.9. The van der Waals surface area contributed by atoms with E-state index in [-0.39, 0.29) is 23.8 Å². The Bertz CT molecular complexity index is 661. The number of carbonyl (C=O) groups excluding carboxylic acids is 1. The number of carbonyl (C=O) groups is 1. The number of hydrogen-bond acceptors (Lipinski definition) is 3. The first-order valence-corrected chi connectivity index (χ1v) is 7.26. The molecular weight excluding hydrogens is 360 g/mol. The van der Waals surface area contributed by atoms with Crippen molar-refractivity contribution in [2.75, 3.05) is 5.32 Å². The number of alkyl halides is 2. The van der Waals surface area contributed by atoms with E-state index in [1.54, 1.807) is 30.1 Å². The summed E-state index contributed by atoms with van der Waals surface area (Å²) in [4.78, 5) is 11.9. The van der Waals surface area contributed by atoms with Gasteiger partial charge < -0.3 is 10.1 Å². The minimum atomic E-state index is -2.95. The van der Waals surface area contributed by atoms with Gasteiger partial charge >= 0.3 is 6.61 Å². The second-order valence-electron chi connectivity index (χ2n) is 4.60. The normalized spacial score (nSPS) is 10.8. The van der Waals surface area contributed by atoms with Crippen LogP contribution in [-0.4, -0.2) is 22.3 Å². The number of aryl methyl sites for hydroxylation is 2. The van der Waals surface area contributed by atoms with Crippen molar-refractivity contribution in [3.63, 3.8) is 0 Å². The van der Waals surface area contributed by atoms with E-state index in [1.165, 1.54) is 12.1 Å². The molecule has 118 valence electrons. The number of amides is 1. The summed E-state index contributed by atoms with van der Waals surface area (Å²) in [6, 6.07) is 4.69. The minimum absolute atomic E-state index is 0.0508. The Kier molecular flexibility index (Phi) is 5.48. The fraction of sp³-hybridized carbons (Fsp3) is 0.286. The molecule has 0 unspecified atom stereocenters. The summed E-state index contributed by atoms with van der Waals surface area (Å²) < 4.78 is 31.6. The molecule has 0 aliphatic heterocycles. The Balaban J connectivity index is 1.98. The first-order valence-electron chi connectivity index (χ1n) is 6.47. The van der Waals surface area contributed by atoms with Crippen LogP contribution >= 0.6 is 15.9 Å². The van der Waals surface area contributed by atoms with Crippen LogP contribution in [0.4, 0.5) is 14.5 Å². The van der Waals surface area contributed by atoms with Gasteiger partial charge in [-0.1, -0.05) is 6.07 Å². The predicted octanol–water partition coefficient (Wildman–Crippen LogP) is 3.58. The summed E-state index contributed by atoms with van der Waals surface area (Å²) in [5.74, 6) is -0.361. The topological polar surface area (TPSA) is 56.2 Å². The molecule has 22 heavy (non-hydrogen) atoms. The summed E-state index contributed by atoms with van der Waals surface area (Å²) in [6.45, 7) is -0.813. The predicted molar refractivity (Wildman–Crippen MR) is 81.0 cm³/mol. The fourth-order valence-corrected chi connectivity index (χ4v) is 2.14. The maximum Gasteiger partial charge on any atom is 0.387 e. The van der Waals surface area contributed by atoms with E-state index in [4.69, 9.17) is 0 Å². The third-order valence-electron chi connectivity index (χ3n) is 2.80. The van der Waals surface area contributed by atoms with E-state index in [9.17, 15) is 13.6 Å². The standard InChI is InChI=1S/C14H14BrF2N3O2/c1-9-2-3-11(12(6-9)22-14(16)17)19-13(21)4-5-20-8-10(15)7-18-20/h2-3,6-8,14H,4-5H2,1H3,(H,19,21). The molecule has 8 heteroatoms. The molecule has 0 fully saturated rings. The van der Waals surface area contributed by atoms with E-state index in [0.717, 1.165) is 10.0 Å². The van der Waals surface area contributed by atoms with Crippen LogP contribution in [0.1, 0.15) is 12.0 Å². The van der Waals surface area contributed by atoms with E-state index < -0.39 is 6.61 Å². The second-order valence-corrected chi connectivity index (χ2v) is 5.51. The zero-order valence-corrected chi connectivity index (χ0v) is 13.3. The highest BCUT2D eigenvalue weighted by Gasteiger charge is 2.12. The lowest BCUT2D eigenvalue weighted by atomic mass is 10.2. The average molecular weight is 374 g/mol. The summed E-state index contributed by atoms with van der Waals surface area (Å²) in [5, 5.41) is 6.60. The van der Waals surface area contributed by atoms with Gasteiger partial charge in [0.15, 0.2) is 0 Å². The summed E-state index contributed by atoms with van der Waals surface area (Å²) in [5.41, 5.74) is 0.979. The Morgan fingerprint density at radius 3 is 2.91 bits per heavy atom. The third kappa shape index (κ3) is 4.80. The van der Waals surface area contributed by atoms with Gasteiger partial charge in [-0.25, -0.2) is 0 Å². The van der Waals surface area contributed by atoms with Crippen molar-refractivity contribution in [2.45, 2.75) is 26.5 Å². The number of anilines is 1. The smallest absolute Gasteiger partial charge is 0.387 e. The Morgan fingerprint density at radius 2 is 2.27 bits per heavy atom. The van der Waals surface area contributed by atoms with Gasteiger partial charge in [0.25, 0.3) is 0 Å². The van der Waals surface area contributed by atoms with E-state index >= 15 is 0 Å². The molecule has 0 bridgehead atoms. The van der Waals surface area contributed by atoms with Crippen LogP contribution in [0.5, 0.6) is 5.75 Å².